The number of benzene rings is 1. The van der Waals surface area contributed by atoms with E-state index >= 15 is 0 Å². The van der Waals surface area contributed by atoms with Crippen molar-refractivity contribution >= 4 is 33.5 Å². The molecule has 2 aromatic heterocycles. The minimum absolute atomic E-state index is 0.00133. The van der Waals surface area contributed by atoms with Crippen LogP contribution in [0, 0.1) is 11.3 Å². The van der Waals surface area contributed by atoms with Crippen LogP contribution >= 0.6 is 11.6 Å². The van der Waals surface area contributed by atoms with Crippen molar-refractivity contribution in [2.24, 2.45) is 0 Å². The summed E-state index contributed by atoms with van der Waals surface area (Å²) in [7, 11) is 2.09. The summed E-state index contributed by atoms with van der Waals surface area (Å²) in [5.41, 5.74) is 2.01. The van der Waals surface area contributed by atoms with Crippen LogP contribution in [0.15, 0.2) is 24.4 Å². The minimum atomic E-state index is -4.43. The summed E-state index contributed by atoms with van der Waals surface area (Å²) < 4.78 is 40.9. The summed E-state index contributed by atoms with van der Waals surface area (Å²) >= 11 is 6.29. The smallest absolute Gasteiger partial charge is 0.329 e. The van der Waals surface area contributed by atoms with Crippen molar-refractivity contribution in [3.05, 3.63) is 40.5 Å². The first-order valence-electron chi connectivity index (χ1n) is 9.24. The number of aromatic nitrogens is 2. The van der Waals surface area contributed by atoms with E-state index in [2.05, 4.69) is 21.8 Å². The molecule has 9 heteroatoms. The third-order valence-corrected chi connectivity index (χ3v) is 5.71. The van der Waals surface area contributed by atoms with Gasteiger partial charge in [-0.05, 0) is 24.7 Å². The number of hydrogen-bond acceptors (Lipinski definition) is 4. The van der Waals surface area contributed by atoms with Crippen LogP contribution < -0.4 is 0 Å². The molecule has 0 aliphatic carbocycles. The Balaban J connectivity index is 1.83. The lowest BCUT2D eigenvalue weighted by molar-refractivity contribution is -0.139. The number of nitrogens with zero attached hydrogens (tertiary/aromatic N) is 5. The Morgan fingerprint density at radius 2 is 1.93 bits per heavy atom. The zero-order valence-electron chi connectivity index (χ0n) is 15.8. The number of likely N-dealkylation sites (N-methyl/N-ethyl adjacent to an activating group) is 1. The molecule has 0 amide bonds. The average molecular weight is 422 g/mol. The molecule has 1 aliphatic rings. The lowest BCUT2D eigenvalue weighted by Crippen LogP contribution is -2.43. The quantitative estimate of drug-likeness (QED) is 0.640. The Labute approximate surface area is 170 Å². The van der Waals surface area contributed by atoms with Gasteiger partial charge in [0, 0.05) is 44.3 Å². The van der Waals surface area contributed by atoms with Crippen LogP contribution in [-0.4, -0.2) is 58.8 Å². The summed E-state index contributed by atoms with van der Waals surface area (Å²) in [6.07, 6.45) is -3.11. The van der Waals surface area contributed by atoms with Gasteiger partial charge in [-0.3, -0.25) is 9.88 Å². The second-order valence-corrected chi connectivity index (χ2v) is 7.81. The molecule has 0 unspecified atom stereocenters. The van der Waals surface area contributed by atoms with Crippen molar-refractivity contribution in [1.82, 2.24) is 19.4 Å². The van der Waals surface area contributed by atoms with Gasteiger partial charge in [0.2, 0.25) is 0 Å². The molecule has 1 saturated heterocycles. The zero-order valence-corrected chi connectivity index (χ0v) is 16.6. The Morgan fingerprint density at radius 3 is 2.59 bits per heavy atom. The maximum atomic E-state index is 13.2. The van der Waals surface area contributed by atoms with Crippen LogP contribution in [0.25, 0.3) is 21.9 Å². The number of nitriles is 1. The van der Waals surface area contributed by atoms with Crippen molar-refractivity contribution in [2.75, 3.05) is 33.2 Å². The fourth-order valence-electron chi connectivity index (χ4n) is 3.83. The van der Waals surface area contributed by atoms with Crippen molar-refractivity contribution in [3.8, 4) is 6.07 Å². The van der Waals surface area contributed by atoms with Gasteiger partial charge in [-0.25, -0.2) is 0 Å². The number of piperazine rings is 1. The van der Waals surface area contributed by atoms with Crippen LogP contribution in [0.4, 0.5) is 13.2 Å². The van der Waals surface area contributed by atoms with E-state index in [1.165, 1.54) is 6.20 Å². The number of alkyl halides is 3. The number of rotatable bonds is 3. The predicted octanol–water partition coefficient (Wildman–Crippen LogP) is 4.02. The molecule has 1 fully saturated rings. The molecule has 3 heterocycles. The van der Waals surface area contributed by atoms with Crippen LogP contribution in [0.1, 0.15) is 11.1 Å². The summed E-state index contributed by atoms with van der Waals surface area (Å²) in [6.45, 7) is 3.39. The van der Waals surface area contributed by atoms with Gasteiger partial charge in [0.25, 0.3) is 0 Å². The first-order chi connectivity index (χ1) is 13.8. The van der Waals surface area contributed by atoms with E-state index in [-0.39, 0.29) is 16.1 Å². The molecular weight excluding hydrogens is 403 g/mol. The molecule has 5 nitrogen and oxygen atoms in total. The third kappa shape index (κ3) is 3.90. The minimum Gasteiger partial charge on any atom is -0.329 e. The molecule has 29 heavy (non-hydrogen) atoms. The molecule has 0 atom stereocenters. The number of fused-ring (bicyclic) bond motifs is 3. The maximum absolute atomic E-state index is 13.2. The van der Waals surface area contributed by atoms with Gasteiger partial charge in [-0.1, -0.05) is 17.7 Å². The summed E-state index contributed by atoms with van der Waals surface area (Å²) in [5.74, 6) is 0. The van der Waals surface area contributed by atoms with E-state index in [4.69, 9.17) is 11.6 Å². The Hall–Kier alpha value is -2.34. The lowest BCUT2D eigenvalue weighted by Gasteiger charge is -2.32. The standard InChI is InChI=1S/C20H19ClF3N5/c1-27-4-6-28(7-5-27)11-13-2-3-16-15(8-13)18-19(29(16)12-20(22,23)24)17(21)14(9-25)10-26-18/h2-3,8,10H,4-7,11-12H2,1H3. The van der Waals surface area contributed by atoms with Gasteiger partial charge in [0.15, 0.2) is 0 Å². The number of pyridine rings is 1. The van der Waals surface area contributed by atoms with Gasteiger partial charge in [0.05, 0.1) is 27.1 Å². The van der Waals surface area contributed by atoms with Crippen molar-refractivity contribution in [2.45, 2.75) is 19.3 Å². The van der Waals surface area contributed by atoms with Crippen molar-refractivity contribution in [1.29, 1.82) is 5.26 Å². The molecule has 0 spiro atoms. The molecule has 1 aromatic carbocycles. The van der Waals surface area contributed by atoms with Crippen LogP contribution in [0.5, 0.6) is 0 Å². The number of hydrogen-bond donors (Lipinski definition) is 0. The van der Waals surface area contributed by atoms with E-state index in [9.17, 15) is 18.4 Å². The molecule has 1 aliphatic heterocycles. The normalized spacial score (nSPS) is 16.6. The first kappa shape index (κ1) is 20.0. The SMILES string of the molecule is CN1CCN(Cc2ccc3c(c2)c2ncc(C#N)c(Cl)c2n3CC(F)(F)F)CC1. The molecule has 3 aromatic rings. The largest absolute Gasteiger partial charge is 0.406 e. The molecule has 0 N–H and O–H groups in total. The highest BCUT2D eigenvalue weighted by atomic mass is 35.5. The van der Waals surface area contributed by atoms with E-state index in [1.54, 1.807) is 6.07 Å². The molecule has 0 radical (unpaired) electrons. The third-order valence-electron chi connectivity index (χ3n) is 5.33. The predicted molar refractivity (Wildman–Crippen MR) is 106 cm³/mol. The van der Waals surface area contributed by atoms with Gasteiger partial charge < -0.3 is 9.47 Å². The van der Waals surface area contributed by atoms with Crippen molar-refractivity contribution < 1.29 is 13.2 Å². The Bertz CT molecular complexity index is 1110. The fourth-order valence-corrected chi connectivity index (χ4v) is 4.12. The van der Waals surface area contributed by atoms with Gasteiger partial charge >= 0.3 is 6.18 Å². The van der Waals surface area contributed by atoms with Crippen molar-refractivity contribution in [3.63, 3.8) is 0 Å². The van der Waals surface area contributed by atoms with Crippen LogP contribution in [0.2, 0.25) is 5.02 Å². The van der Waals surface area contributed by atoms with E-state index < -0.39 is 12.7 Å². The highest BCUT2D eigenvalue weighted by Crippen LogP contribution is 2.36. The molecule has 152 valence electrons. The second-order valence-electron chi connectivity index (χ2n) is 7.43. The van der Waals surface area contributed by atoms with E-state index in [0.29, 0.717) is 16.4 Å². The average Bonchev–Trinajstić information content (AvgIpc) is 2.96. The van der Waals surface area contributed by atoms with E-state index in [0.717, 1.165) is 42.9 Å². The van der Waals surface area contributed by atoms with Gasteiger partial charge in [-0.2, -0.15) is 18.4 Å². The fraction of sp³-hybridized carbons (Fsp3) is 0.400. The molecular formula is C20H19ClF3N5. The summed E-state index contributed by atoms with van der Waals surface area (Å²) in [4.78, 5) is 8.86. The highest BCUT2D eigenvalue weighted by molar-refractivity contribution is 6.37. The van der Waals surface area contributed by atoms with Crippen LogP contribution in [-0.2, 0) is 13.1 Å². The first-order valence-corrected chi connectivity index (χ1v) is 9.61. The maximum Gasteiger partial charge on any atom is 0.406 e. The number of halogens is 4. The Kier molecular flexibility index (Phi) is 5.15. The van der Waals surface area contributed by atoms with Gasteiger partial charge in [-0.15, -0.1) is 0 Å². The topological polar surface area (TPSA) is 48.1 Å². The van der Waals surface area contributed by atoms with Crippen LogP contribution in [0.3, 0.4) is 0 Å². The summed E-state index contributed by atoms with van der Waals surface area (Å²) in [5, 5.41) is 9.82. The van der Waals surface area contributed by atoms with Gasteiger partial charge in [0.1, 0.15) is 12.6 Å². The Morgan fingerprint density at radius 1 is 1.21 bits per heavy atom. The molecule has 0 bridgehead atoms. The summed E-state index contributed by atoms with van der Waals surface area (Å²) in [6, 6.07) is 7.32. The highest BCUT2D eigenvalue weighted by Gasteiger charge is 2.31. The lowest BCUT2D eigenvalue weighted by atomic mass is 10.1. The molecule has 0 saturated carbocycles. The zero-order chi connectivity index (χ0) is 20.8. The second kappa shape index (κ2) is 7.48. The van der Waals surface area contributed by atoms with E-state index in [1.807, 2.05) is 18.2 Å². The monoisotopic (exact) mass is 421 g/mol. The molecule has 4 rings (SSSR count).